The molecule has 7 heteroatoms. The number of hydrogen-bond acceptors (Lipinski definition) is 4. The van der Waals surface area contributed by atoms with Crippen LogP contribution in [0.2, 0.25) is 0 Å². The van der Waals surface area contributed by atoms with Crippen molar-refractivity contribution in [2.75, 3.05) is 38.2 Å². The molecule has 0 unspecified atom stereocenters. The summed E-state index contributed by atoms with van der Waals surface area (Å²) < 4.78 is 18.4. The van der Waals surface area contributed by atoms with Crippen LogP contribution in [-0.4, -0.2) is 50.2 Å². The van der Waals surface area contributed by atoms with Crippen molar-refractivity contribution in [3.05, 3.63) is 65.5 Å². The van der Waals surface area contributed by atoms with Crippen LogP contribution in [0.3, 0.4) is 0 Å². The van der Waals surface area contributed by atoms with E-state index in [9.17, 15) is 14.0 Å². The van der Waals surface area contributed by atoms with Gasteiger partial charge in [0, 0.05) is 31.9 Å². The first-order chi connectivity index (χ1) is 13.1. The average Bonchev–Trinajstić information content (AvgIpc) is 2.72. The summed E-state index contributed by atoms with van der Waals surface area (Å²) in [6.07, 6.45) is 0. The topological polar surface area (TPSA) is 61.9 Å². The SMILES string of the molecule is COC(=O)c1ccc(CN(C(=O)N2CCNCC2)c2cccc(F)c2)cc1. The Balaban J connectivity index is 1.85. The Morgan fingerprint density at radius 3 is 2.48 bits per heavy atom. The van der Waals surface area contributed by atoms with Gasteiger partial charge in [-0.2, -0.15) is 0 Å². The number of halogens is 1. The number of hydrogen-bond donors (Lipinski definition) is 1. The van der Waals surface area contributed by atoms with Crippen LogP contribution >= 0.6 is 0 Å². The van der Waals surface area contributed by atoms with Crippen molar-refractivity contribution < 1.29 is 18.7 Å². The number of carbonyl (C=O) groups excluding carboxylic acids is 2. The molecule has 0 aromatic heterocycles. The van der Waals surface area contributed by atoms with Crippen molar-refractivity contribution in [1.29, 1.82) is 0 Å². The molecule has 0 saturated carbocycles. The molecule has 27 heavy (non-hydrogen) atoms. The minimum Gasteiger partial charge on any atom is -0.465 e. The van der Waals surface area contributed by atoms with Gasteiger partial charge in [-0.25, -0.2) is 14.0 Å². The molecule has 1 aliphatic rings. The highest BCUT2D eigenvalue weighted by atomic mass is 19.1. The van der Waals surface area contributed by atoms with Crippen molar-refractivity contribution in [1.82, 2.24) is 10.2 Å². The van der Waals surface area contributed by atoms with Crippen LogP contribution in [0.1, 0.15) is 15.9 Å². The van der Waals surface area contributed by atoms with E-state index in [1.807, 2.05) is 0 Å². The normalized spacial score (nSPS) is 13.9. The number of benzene rings is 2. The third kappa shape index (κ3) is 4.62. The van der Waals surface area contributed by atoms with E-state index in [0.717, 1.165) is 18.7 Å². The van der Waals surface area contributed by atoms with Crippen LogP contribution in [0.5, 0.6) is 0 Å². The number of amides is 2. The number of esters is 1. The van der Waals surface area contributed by atoms with Crippen LogP contribution in [-0.2, 0) is 11.3 Å². The number of anilines is 1. The molecule has 1 aliphatic heterocycles. The summed E-state index contributed by atoms with van der Waals surface area (Å²) in [5.74, 6) is -0.813. The van der Waals surface area contributed by atoms with Gasteiger partial charge in [0.25, 0.3) is 0 Å². The van der Waals surface area contributed by atoms with Crippen LogP contribution in [0.25, 0.3) is 0 Å². The Bertz CT molecular complexity index is 804. The summed E-state index contributed by atoms with van der Waals surface area (Å²) in [5.41, 5.74) is 1.76. The van der Waals surface area contributed by atoms with E-state index >= 15 is 0 Å². The zero-order chi connectivity index (χ0) is 19.2. The lowest BCUT2D eigenvalue weighted by atomic mass is 10.1. The van der Waals surface area contributed by atoms with Gasteiger partial charge in [-0.1, -0.05) is 18.2 Å². The van der Waals surface area contributed by atoms with Crippen molar-refractivity contribution >= 4 is 17.7 Å². The van der Waals surface area contributed by atoms with Crippen molar-refractivity contribution in [2.24, 2.45) is 0 Å². The standard InChI is InChI=1S/C20H22FN3O3/c1-27-19(25)16-7-5-15(6-8-16)14-24(18-4-2-3-17(21)13-18)20(26)23-11-9-22-10-12-23/h2-8,13,22H,9-12,14H2,1H3. The fourth-order valence-electron chi connectivity index (χ4n) is 2.99. The highest BCUT2D eigenvalue weighted by molar-refractivity contribution is 5.92. The number of urea groups is 1. The van der Waals surface area contributed by atoms with Crippen molar-refractivity contribution in [2.45, 2.75) is 6.54 Å². The molecule has 142 valence electrons. The molecule has 1 saturated heterocycles. The summed E-state index contributed by atoms with van der Waals surface area (Å²) in [7, 11) is 1.33. The predicted octanol–water partition coefficient (Wildman–Crippen LogP) is 2.64. The quantitative estimate of drug-likeness (QED) is 0.840. The zero-order valence-electron chi connectivity index (χ0n) is 15.2. The minimum atomic E-state index is -0.416. The molecule has 2 amide bonds. The maximum atomic E-state index is 13.7. The monoisotopic (exact) mass is 371 g/mol. The second kappa shape index (κ2) is 8.64. The van der Waals surface area contributed by atoms with Gasteiger partial charge in [0.2, 0.25) is 0 Å². The summed E-state index contributed by atoms with van der Waals surface area (Å²) in [6.45, 7) is 2.94. The van der Waals surface area contributed by atoms with Gasteiger partial charge in [0.1, 0.15) is 5.82 Å². The molecule has 1 fully saturated rings. The van der Waals surface area contributed by atoms with E-state index in [1.54, 1.807) is 46.2 Å². The molecule has 3 rings (SSSR count). The number of ether oxygens (including phenoxy) is 1. The molecule has 0 radical (unpaired) electrons. The summed E-state index contributed by atoms with van der Waals surface area (Å²) >= 11 is 0. The molecule has 1 N–H and O–H groups in total. The van der Waals surface area contributed by atoms with Gasteiger partial charge in [-0.15, -0.1) is 0 Å². The van der Waals surface area contributed by atoms with Crippen LogP contribution in [0.4, 0.5) is 14.9 Å². The Labute approximate surface area is 157 Å². The lowest BCUT2D eigenvalue weighted by molar-refractivity contribution is 0.0600. The van der Waals surface area contributed by atoms with Gasteiger partial charge < -0.3 is 15.0 Å². The third-order valence-corrected chi connectivity index (χ3v) is 4.45. The van der Waals surface area contributed by atoms with Gasteiger partial charge >= 0.3 is 12.0 Å². The Morgan fingerprint density at radius 2 is 1.85 bits per heavy atom. The van der Waals surface area contributed by atoms with E-state index in [4.69, 9.17) is 4.74 Å². The van der Waals surface area contributed by atoms with Crippen molar-refractivity contribution in [3.8, 4) is 0 Å². The highest BCUT2D eigenvalue weighted by Gasteiger charge is 2.24. The lowest BCUT2D eigenvalue weighted by Gasteiger charge is -2.33. The predicted molar refractivity (Wildman–Crippen MR) is 100 cm³/mol. The fraction of sp³-hybridized carbons (Fsp3) is 0.300. The van der Waals surface area contributed by atoms with E-state index in [-0.39, 0.29) is 12.6 Å². The number of piperazine rings is 1. The number of carbonyl (C=O) groups is 2. The first-order valence-electron chi connectivity index (χ1n) is 8.78. The Morgan fingerprint density at radius 1 is 1.15 bits per heavy atom. The molecule has 6 nitrogen and oxygen atoms in total. The molecule has 0 aliphatic carbocycles. The van der Waals surface area contributed by atoms with Gasteiger partial charge in [-0.05, 0) is 35.9 Å². The summed E-state index contributed by atoms with van der Waals surface area (Å²) in [6, 6.07) is 12.7. The minimum absolute atomic E-state index is 0.167. The summed E-state index contributed by atoms with van der Waals surface area (Å²) in [4.78, 5) is 28.0. The largest absolute Gasteiger partial charge is 0.465 e. The van der Waals surface area contributed by atoms with Crippen molar-refractivity contribution in [3.63, 3.8) is 0 Å². The van der Waals surface area contributed by atoms with Crippen LogP contribution in [0, 0.1) is 5.82 Å². The van der Waals surface area contributed by atoms with Gasteiger partial charge in [-0.3, -0.25) is 4.90 Å². The van der Waals surface area contributed by atoms with E-state index in [1.165, 1.54) is 19.2 Å². The molecule has 1 heterocycles. The number of rotatable bonds is 4. The highest BCUT2D eigenvalue weighted by Crippen LogP contribution is 2.21. The fourth-order valence-corrected chi connectivity index (χ4v) is 2.99. The molecule has 2 aromatic rings. The lowest BCUT2D eigenvalue weighted by Crippen LogP contribution is -2.51. The maximum absolute atomic E-state index is 13.7. The van der Waals surface area contributed by atoms with E-state index in [0.29, 0.717) is 24.3 Å². The van der Waals surface area contributed by atoms with Gasteiger partial charge in [0.05, 0.1) is 19.2 Å². The average molecular weight is 371 g/mol. The molecule has 0 atom stereocenters. The second-order valence-electron chi connectivity index (χ2n) is 6.27. The maximum Gasteiger partial charge on any atom is 0.337 e. The first-order valence-corrected chi connectivity index (χ1v) is 8.78. The zero-order valence-corrected chi connectivity index (χ0v) is 15.2. The molecule has 0 bridgehead atoms. The number of nitrogens with one attached hydrogen (secondary N) is 1. The molecular formula is C20H22FN3O3. The smallest absolute Gasteiger partial charge is 0.337 e. The second-order valence-corrected chi connectivity index (χ2v) is 6.27. The van der Waals surface area contributed by atoms with Crippen LogP contribution in [0.15, 0.2) is 48.5 Å². The summed E-state index contributed by atoms with van der Waals surface area (Å²) in [5, 5.41) is 3.21. The third-order valence-electron chi connectivity index (χ3n) is 4.45. The molecule has 2 aromatic carbocycles. The first kappa shape index (κ1) is 18.8. The number of nitrogens with zero attached hydrogens (tertiary/aromatic N) is 2. The Kier molecular flexibility index (Phi) is 6.03. The van der Waals surface area contributed by atoms with E-state index in [2.05, 4.69) is 5.32 Å². The molecule has 0 spiro atoms. The van der Waals surface area contributed by atoms with Gasteiger partial charge in [0.15, 0.2) is 0 Å². The van der Waals surface area contributed by atoms with Crippen LogP contribution < -0.4 is 10.2 Å². The Hall–Kier alpha value is -2.93. The van der Waals surface area contributed by atoms with E-state index < -0.39 is 11.8 Å². The molecular weight excluding hydrogens is 349 g/mol. The number of methoxy groups -OCH3 is 1.